The van der Waals surface area contributed by atoms with Crippen LogP contribution in [-0.4, -0.2) is 27.2 Å². The average molecular weight is 308 g/mol. The molecule has 0 atom stereocenters. The minimum atomic E-state index is -0.143. The van der Waals surface area contributed by atoms with Crippen LogP contribution < -0.4 is 5.32 Å². The van der Waals surface area contributed by atoms with Gasteiger partial charge in [0.1, 0.15) is 5.69 Å². The first-order chi connectivity index (χ1) is 11.1. The van der Waals surface area contributed by atoms with Crippen LogP contribution >= 0.6 is 0 Å². The lowest BCUT2D eigenvalue weighted by molar-refractivity contribution is 0.0949. The van der Waals surface area contributed by atoms with Gasteiger partial charge in [-0.3, -0.25) is 4.79 Å². The smallest absolute Gasteiger partial charge is 0.269 e. The lowest BCUT2D eigenvalue weighted by atomic mass is 10.1. The molecule has 0 fully saturated rings. The molecule has 0 spiro atoms. The Morgan fingerprint density at radius 2 is 1.96 bits per heavy atom. The van der Waals surface area contributed by atoms with Crippen LogP contribution in [0.15, 0.2) is 36.4 Å². The summed E-state index contributed by atoms with van der Waals surface area (Å²) in [6.45, 7) is 6.63. The van der Waals surface area contributed by atoms with E-state index in [2.05, 4.69) is 15.4 Å². The van der Waals surface area contributed by atoms with Crippen LogP contribution in [0.4, 0.5) is 0 Å². The summed E-state index contributed by atoms with van der Waals surface area (Å²) in [7, 11) is 0. The number of nitrogens with zero attached hydrogens (tertiary/aromatic N) is 3. The molecule has 2 heterocycles. The topological polar surface area (TPSA) is 59.8 Å². The van der Waals surface area contributed by atoms with Gasteiger partial charge in [-0.2, -0.15) is 5.10 Å². The van der Waals surface area contributed by atoms with Crippen LogP contribution in [0, 0.1) is 13.8 Å². The van der Waals surface area contributed by atoms with E-state index in [4.69, 9.17) is 0 Å². The van der Waals surface area contributed by atoms with Crippen molar-refractivity contribution in [1.29, 1.82) is 0 Å². The number of amides is 1. The first-order valence-electron chi connectivity index (χ1n) is 7.82. The van der Waals surface area contributed by atoms with Gasteiger partial charge in [0.05, 0.1) is 11.4 Å². The molecular formula is C18H20N4O. The summed E-state index contributed by atoms with van der Waals surface area (Å²) in [5.74, 6) is -0.143. The quantitative estimate of drug-likeness (QED) is 0.805. The van der Waals surface area contributed by atoms with Gasteiger partial charge in [-0.1, -0.05) is 25.1 Å². The lowest BCUT2D eigenvalue weighted by Gasteiger charge is -2.07. The van der Waals surface area contributed by atoms with Crippen LogP contribution in [0.25, 0.3) is 16.7 Å². The summed E-state index contributed by atoms with van der Waals surface area (Å²) in [6.07, 6.45) is 0.897. The van der Waals surface area contributed by atoms with Gasteiger partial charge in [0.2, 0.25) is 0 Å². The fraction of sp³-hybridized carbons (Fsp3) is 0.278. The maximum Gasteiger partial charge on any atom is 0.269 e. The summed E-state index contributed by atoms with van der Waals surface area (Å²) in [5, 5.41) is 8.48. The predicted molar refractivity (Wildman–Crippen MR) is 91.0 cm³/mol. The van der Waals surface area contributed by atoms with Crippen molar-refractivity contribution in [2.24, 2.45) is 0 Å². The van der Waals surface area contributed by atoms with Crippen molar-refractivity contribution in [2.75, 3.05) is 6.54 Å². The molecule has 1 amide bonds. The molecule has 0 aliphatic rings. The summed E-state index contributed by atoms with van der Waals surface area (Å²) in [6, 6.07) is 11.7. The van der Waals surface area contributed by atoms with Gasteiger partial charge in [0.25, 0.3) is 5.91 Å². The fourth-order valence-electron chi connectivity index (χ4n) is 2.70. The van der Waals surface area contributed by atoms with E-state index in [0.717, 1.165) is 34.4 Å². The number of carbonyl (C=O) groups excluding carboxylic acids is 1. The maximum atomic E-state index is 12.3. The Labute approximate surface area is 135 Å². The SMILES string of the molecule is CCCNC(=O)c1cc(C)c2c(C)nn(-c3ccccc3)c2n1. The minimum Gasteiger partial charge on any atom is -0.351 e. The second-order valence-electron chi connectivity index (χ2n) is 5.61. The van der Waals surface area contributed by atoms with Crippen LogP contribution in [-0.2, 0) is 0 Å². The molecule has 0 saturated carbocycles. The van der Waals surface area contributed by atoms with E-state index in [-0.39, 0.29) is 5.91 Å². The maximum absolute atomic E-state index is 12.3. The van der Waals surface area contributed by atoms with Crippen molar-refractivity contribution in [3.8, 4) is 5.69 Å². The number of fused-ring (bicyclic) bond motifs is 1. The zero-order valence-electron chi connectivity index (χ0n) is 13.6. The highest BCUT2D eigenvalue weighted by molar-refractivity contribution is 5.96. The first-order valence-corrected chi connectivity index (χ1v) is 7.82. The molecule has 0 bridgehead atoms. The standard InChI is InChI=1S/C18H20N4O/c1-4-10-19-18(23)15-11-12(2)16-13(3)21-22(17(16)20-15)14-8-6-5-7-9-14/h5-9,11H,4,10H2,1-3H3,(H,19,23). The van der Waals surface area contributed by atoms with Crippen LogP contribution in [0.1, 0.15) is 35.1 Å². The Bertz CT molecular complexity index is 852. The third-order valence-electron chi connectivity index (χ3n) is 3.78. The van der Waals surface area contributed by atoms with E-state index in [0.29, 0.717) is 12.2 Å². The predicted octanol–water partition coefficient (Wildman–Crippen LogP) is 3.18. The highest BCUT2D eigenvalue weighted by atomic mass is 16.1. The summed E-state index contributed by atoms with van der Waals surface area (Å²) in [4.78, 5) is 16.8. The van der Waals surface area contributed by atoms with Crippen LogP contribution in [0.2, 0.25) is 0 Å². The zero-order valence-corrected chi connectivity index (χ0v) is 13.6. The number of nitrogens with one attached hydrogen (secondary N) is 1. The molecule has 3 aromatic rings. The Kier molecular flexibility index (Phi) is 4.10. The van der Waals surface area contributed by atoms with Crippen LogP contribution in [0.3, 0.4) is 0 Å². The number of hydrogen-bond donors (Lipinski definition) is 1. The number of carbonyl (C=O) groups is 1. The lowest BCUT2D eigenvalue weighted by Crippen LogP contribution is -2.25. The fourth-order valence-corrected chi connectivity index (χ4v) is 2.70. The van der Waals surface area contributed by atoms with Crippen molar-refractivity contribution >= 4 is 16.9 Å². The molecule has 2 aromatic heterocycles. The van der Waals surface area contributed by atoms with Gasteiger partial charge < -0.3 is 5.32 Å². The summed E-state index contributed by atoms with van der Waals surface area (Å²) >= 11 is 0. The van der Waals surface area contributed by atoms with Gasteiger partial charge in [-0.25, -0.2) is 9.67 Å². The molecule has 0 aliphatic heterocycles. The molecule has 3 rings (SSSR count). The van der Waals surface area contributed by atoms with Crippen molar-refractivity contribution in [1.82, 2.24) is 20.1 Å². The molecule has 5 nitrogen and oxygen atoms in total. The molecule has 5 heteroatoms. The third-order valence-corrected chi connectivity index (χ3v) is 3.78. The average Bonchev–Trinajstić information content (AvgIpc) is 2.90. The second kappa shape index (κ2) is 6.20. The molecule has 0 unspecified atom stereocenters. The molecule has 23 heavy (non-hydrogen) atoms. The van der Waals surface area contributed by atoms with E-state index in [1.54, 1.807) is 4.68 Å². The molecule has 0 saturated heterocycles. The number of rotatable bonds is 4. The summed E-state index contributed by atoms with van der Waals surface area (Å²) < 4.78 is 1.80. The molecule has 0 radical (unpaired) electrons. The van der Waals surface area contributed by atoms with Crippen LogP contribution in [0.5, 0.6) is 0 Å². The van der Waals surface area contributed by atoms with Gasteiger partial charge >= 0.3 is 0 Å². The van der Waals surface area contributed by atoms with Gasteiger partial charge in [0, 0.05) is 11.9 Å². The number of aryl methyl sites for hydroxylation is 2. The Morgan fingerprint density at radius 1 is 1.22 bits per heavy atom. The van der Waals surface area contributed by atoms with E-state index in [1.165, 1.54) is 0 Å². The van der Waals surface area contributed by atoms with Crippen molar-refractivity contribution in [2.45, 2.75) is 27.2 Å². The molecule has 1 aromatic carbocycles. The highest BCUT2D eigenvalue weighted by Gasteiger charge is 2.16. The summed E-state index contributed by atoms with van der Waals surface area (Å²) in [5.41, 5.74) is 4.00. The third kappa shape index (κ3) is 2.82. The van der Waals surface area contributed by atoms with E-state index < -0.39 is 0 Å². The zero-order chi connectivity index (χ0) is 16.4. The van der Waals surface area contributed by atoms with Crippen molar-refractivity contribution in [3.05, 3.63) is 53.3 Å². The number of para-hydroxylation sites is 1. The van der Waals surface area contributed by atoms with Gasteiger partial charge in [0.15, 0.2) is 5.65 Å². The van der Waals surface area contributed by atoms with E-state index in [9.17, 15) is 4.79 Å². The Morgan fingerprint density at radius 3 is 2.65 bits per heavy atom. The number of hydrogen-bond acceptors (Lipinski definition) is 3. The van der Waals surface area contributed by atoms with Gasteiger partial charge in [-0.15, -0.1) is 0 Å². The molecule has 0 aliphatic carbocycles. The first kappa shape index (κ1) is 15.2. The minimum absolute atomic E-state index is 0.143. The highest BCUT2D eigenvalue weighted by Crippen LogP contribution is 2.24. The second-order valence-corrected chi connectivity index (χ2v) is 5.61. The molecular weight excluding hydrogens is 288 g/mol. The van der Waals surface area contributed by atoms with E-state index in [1.807, 2.05) is 57.2 Å². The normalized spacial score (nSPS) is 10.9. The largest absolute Gasteiger partial charge is 0.351 e. The Hall–Kier alpha value is -2.69. The van der Waals surface area contributed by atoms with E-state index >= 15 is 0 Å². The van der Waals surface area contributed by atoms with Crippen molar-refractivity contribution in [3.63, 3.8) is 0 Å². The number of benzene rings is 1. The number of pyridine rings is 1. The monoisotopic (exact) mass is 308 g/mol. The van der Waals surface area contributed by atoms with Gasteiger partial charge in [-0.05, 0) is 44.0 Å². The molecule has 118 valence electrons. The number of aromatic nitrogens is 3. The Balaban J connectivity index is 2.16. The molecule has 1 N–H and O–H groups in total. The van der Waals surface area contributed by atoms with Crippen molar-refractivity contribution < 1.29 is 4.79 Å².